The molecule has 5 nitrogen and oxygen atoms in total. The number of hydrogen-bond donors (Lipinski definition) is 2. The van der Waals surface area contributed by atoms with Crippen LogP contribution in [-0.2, 0) is 16.0 Å². The highest BCUT2D eigenvalue weighted by atomic mass is 16.3. The first-order valence-corrected chi connectivity index (χ1v) is 8.03. The highest BCUT2D eigenvalue weighted by Gasteiger charge is 2.21. The molecule has 2 aliphatic rings. The summed E-state index contributed by atoms with van der Waals surface area (Å²) in [7, 11) is 0. The zero-order valence-electron chi connectivity index (χ0n) is 13.7. The number of H-pyrrole nitrogens is 1. The number of aromatic nitrogens is 1. The molecule has 0 unspecified atom stereocenters. The standard InChI is InChI=1S/C9H11NO.C9H12O3/c1-6-5-7-8(10-6)3-2-4-9(7)11;1-6(10)5-7-8(11)3-2-4-9(7)12/h5,10H,2-4H2,1H3;11H,2-5H2,1H3. The van der Waals surface area contributed by atoms with Crippen molar-refractivity contribution in [1.29, 1.82) is 0 Å². The van der Waals surface area contributed by atoms with Crippen molar-refractivity contribution < 1.29 is 19.5 Å². The van der Waals surface area contributed by atoms with Gasteiger partial charge in [-0.15, -0.1) is 0 Å². The van der Waals surface area contributed by atoms with Crippen molar-refractivity contribution in [2.45, 2.75) is 58.8 Å². The van der Waals surface area contributed by atoms with Crippen LogP contribution in [0.3, 0.4) is 0 Å². The molecule has 0 bridgehead atoms. The van der Waals surface area contributed by atoms with Gasteiger partial charge in [-0.1, -0.05) is 0 Å². The molecule has 0 aliphatic heterocycles. The molecule has 2 N–H and O–H groups in total. The average Bonchev–Trinajstić information content (AvgIpc) is 2.86. The first kappa shape index (κ1) is 17.2. The van der Waals surface area contributed by atoms with Crippen molar-refractivity contribution in [2.75, 3.05) is 0 Å². The van der Waals surface area contributed by atoms with Crippen molar-refractivity contribution in [3.8, 4) is 0 Å². The summed E-state index contributed by atoms with van der Waals surface area (Å²) < 4.78 is 0. The van der Waals surface area contributed by atoms with Gasteiger partial charge in [-0.05, 0) is 39.2 Å². The van der Waals surface area contributed by atoms with E-state index in [0.717, 1.165) is 36.2 Å². The molecular weight excluding hydrogens is 294 g/mol. The topological polar surface area (TPSA) is 87.2 Å². The molecule has 1 aromatic rings. The minimum Gasteiger partial charge on any atom is -0.512 e. The van der Waals surface area contributed by atoms with Gasteiger partial charge >= 0.3 is 0 Å². The van der Waals surface area contributed by atoms with E-state index in [1.54, 1.807) is 0 Å². The number of Topliss-reactive ketones (excluding diaryl/α,β-unsaturated/α-hetero) is 3. The quantitative estimate of drug-likeness (QED) is 0.875. The van der Waals surface area contributed by atoms with Gasteiger partial charge in [-0.3, -0.25) is 14.4 Å². The maximum atomic E-state index is 11.3. The van der Waals surface area contributed by atoms with Crippen LogP contribution in [0, 0.1) is 6.92 Å². The summed E-state index contributed by atoms with van der Waals surface area (Å²) in [6.45, 7) is 3.41. The van der Waals surface area contributed by atoms with Gasteiger partial charge < -0.3 is 10.1 Å². The van der Waals surface area contributed by atoms with Crippen LogP contribution >= 0.6 is 0 Å². The number of allylic oxidation sites excluding steroid dienone is 2. The lowest BCUT2D eigenvalue weighted by Crippen LogP contribution is -2.13. The first-order valence-electron chi connectivity index (χ1n) is 8.03. The molecule has 124 valence electrons. The van der Waals surface area contributed by atoms with E-state index in [0.29, 0.717) is 30.6 Å². The SMILES string of the molecule is CC(=O)CC1=C(O)CCCC1=O.Cc1cc2c([nH]1)CCCC2=O. The number of hydrogen-bond acceptors (Lipinski definition) is 4. The summed E-state index contributed by atoms with van der Waals surface area (Å²) in [4.78, 5) is 36.4. The second kappa shape index (κ2) is 7.40. The molecule has 0 radical (unpaired) electrons. The predicted molar refractivity (Wildman–Crippen MR) is 86.6 cm³/mol. The van der Waals surface area contributed by atoms with E-state index < -0.39 is 0 Å². The highest BCUT2D eigenvalue weighted by molar-refractivity contribution is 6.01. The van der Waals surface area contributed by atoms with Crippen LogP contribution in [0.5, 0.6) is 0 Å². The van der Waals surface area contributed by atoms with Crippen LogP contribution < -0.4 is 0 Å². The van der Waals surface area contributed by atoms with Gasteiger partial charge in [0.2, 0.25) is 0 Å². The molecule has 0 amide bonds. The Bertz CT molecular complexity index is 667. The molecule has 0 aromatic carbocycles. The third-order valence-electron chi connectivity index (χ3n) is 4.09. The monoisotopic (exact) mass is 317 g/mol. The second-order valence-electron chi connectivity index (χ2n) is 6.20. The molecule has 2 aliphatic carbocycles. The van der Waals surface area contributed by atoms with Gasteiger partial charge in [0.15, 0.2) is 11.6 Å². The van der Waals surface area contributed by atoms with Crippen molar-refractivity contribution in [1.82, 2.24) is 4.98 Å². The van der Waals surface area contributed by atoms with Crippen LogP contribution in [0.25, 0.3) is 0 Å². The lowest BCUT2D eigenvalue weighted by Gasteiger charge is -2.13. The minimum atomic E-state index is -0.0770. The van der Waals surface area contributed by atoms with Gasteiger partial charge in [0, 0.05) is 48.2 Å². The fourth-order valence-corrected chi connectivity index (χ4v) is 2.98. The molecule has 0 spiro atoms. The highest BCUT2D eigenvalue weighted by Crippen LogP contribution is 2.22. The molecule has 5 heteroatoms. The average molecular weight is 317 g/mol. The summed E-state index contributed by atoms with van der Waals surface area (Å²) in [6, 6.07) is 1.96. The van der Waals surface area contributed by atoms with Crippen LogP contribution in [0.15, 0.2) is 17.4 Å². The summed E-state index contributed by atoms with van der Waals surface area (Å²) >= 11 is 0. The maximum absolute atomic E-state index is 11.3. The van der Waals surface area contributed by atoms with Crippen molar-refractivity contribution in [3.05, 3.63) is 34.3 Å². The summed E-state index contributed by atoms with van der Waals surface area (Å²) in [5.41, 5.74) is 3.49. The molecule has 0 saturated heterocycles. The number of carbonyl (C=O) groups is 3. The lowest BCUT2D eigenvalue weighted by molar-refractivity contribution is -0.120. The Labute approximate surface area is 135 Å². The zero-order valence-corrected chi connectivity index (χ0v) is 13.7. The Morgan fingerprint density at radius 2 is 1.78 bits per heavy atom. The predicted octanol–water partition coefficient (Wildman–Crippen LogP) is 3.37. The lowest BCUT2D eigenvalue weighted by atomic mass is 9.93. The third kappa shape index (κ3) is 4.41. The van der Waals surface area contributed by atoms with Gasteiger partial charge in [-0.2, -0.15) is 0 Å². The summed E-state index contributed by atoms with van der Waals surface area (Å²) in [5, 5.41) is 9.29. The van der Waals surface area contributed by atoms with Crippen LogP contribution in [-0.4, -0.2) is 27.4 Å². The van der Waals surface area contributed by atoms with E-state index in [-0.39, 0.29) is 23.7 Å². The van der Waals surface area contributed by atoms with Gasteiger partial charge in [0.05, 0.1) is 5.76 Å². The number of carbonyl (C=O) groups excluding carboxylic acids is 3. The molecule has 1 aromatic heterocycles. The van der Waals surface area contributed by atoms with Gasteiger partial charge in [0.25, 0.3) is 0 Å². The normalized spacial score (nSPS) is 17.5. The maximum Gasteiger partial charge on any atom is 0.164 e. The fourth-order valence-electron chi connectivity index (χ4n) is 2.98. The van der Waals surface area contributed by atoms with E-state index >= 15 is 0 Å². The van der Waals surface area contributed by atoms with Crippen molar-refractivity contribution in [3.63, 3.8) is 0 Å². The molecule has 1 heterocycles. The van der Waals surface area contributed by atoms with Crippen molar-refractivity contribution in [2.24, 2.45) is 0 Å². The molecular formula is C18H23NO4. The third-order valence-corrected chi connectivity index (χ3v) is 4.09. The summed E-state index contributed by atoms with van der Waals surface area (Å²) in [6.07, 6.45) is 4.56. The Balaban J connectivity index is 0.000000167. The molecule has 23 heavy (non-hydrogen) atoms. The number of aliphatic hydroxyl groups is 1. The zero-order chi connectivity index (χ0) is 17.0. The Hall–Kier alpha value is -2.17. The van der Waals surface area contributed by atoms with Crippen LogP contribution in [0.2, 0.25) is 0 Å². The molecule has 0 atom stereocenters. The van der Waals surface area contributed by atoms with Gasteiger partial charge in [0.1, 0.15) is 5.78 Å². The molecule has 0 saturated carbocycles. The Morgan fingerprint density at radius 1 is 1.13 bits per heavy atom. The van der Waals surface area contributed by atoms with E-state index in [4.69, 9.17) is 0 Å². The number of fused-ring (bicyclic) bond motifs is 1. The number of ketones is 3. The Morgan fingerprint density at radius 3 is 2.39 bits per heavy atom. The van der Waals surface area contributed by atoms with Crippen molar-refractivity contribution >= 4 is 17.3 Å². The molecule has 3 rings (SSSR count). The Kier molecular flexibility index (Phi) is 5.53. The van der Waals surface area contributed by atoms with E-state index in [9.17, 15) is 19.5 Å². The van der Waals surface area contributed by atoms with Gasteiger partial charge in [-0.25, -0.2) is 0 Å². The van der Waals surface area contributed by atoms with E-state index in [1.165, 1.54) is 6.92 Å². The largest absolute Gasteiger partial charge is 0.512 e. The second-order valence-corrected chi connectivity index (χ2v) is 6.20. The number of aliphatic hydroxyl groups excluding tert-OH is 1. The number of rotatable bonds is 2. The van der Waals surface area contributed by atoms with E-state index in [1.807, 2.05) is 13.0 Å². The minimum absolute atomic E-state index is 0.0750. The van der Waals surface area contributed by atoms with Crippen LogP contribution in [0.4, 0.5) is 0 Å². The smallest absolute Gasteiger partial charge is 0.164 e. The number of nitrogens with one attached hydrogen (secondary N) is 1. The molecule has 0 fully saturated rings. The van der Waals surface area contributed by atoms with Crippen LogP contribution in [0.1, 0.15) is 67.2 Å². The fraction of sp³-hybridized carbons (Fsp3) is 0.500. The van der Waals surface area contributed by atoms with E-state index in [2.05, 4.69) is 4.98 Å². The number of aromatic amines is 1. The first-order chi connectivity index (χ1) is 10.9. The summed E-state index contributed by atoms with van der Waals surface area (Å²) in [5.74, 6) is 0.262. The number of aryl methyl sites for hydroxylation is 2.